The number of hydrogen-bond acceptors (Lipinski definition) is 8. The molecule has 0 radical (unpaired) electrons. The molecule has 0 bridgehead atoms. The molecule has 3 aromatic rings. The Labute approximate surface area is 144 Å². The van der Waals surface area contributed by atoms with E-state index in [0.29, 0.717) is 18.2 Å². The molecule has 0 aliphatic carbocycles. The highest BCUT2D eigenvalue weighted by Crippen LogP contribution is 2.12. The Hall–Kier alpha value is -3.05. The molecule has 3 rings (SSSR count). The molecule has 0 aliphatic rings. The molecule has 0 aliphatic heterocycles. The maximum Gasteiger partial charge on any atom is 0.257 e. The zero-order valence-electron chi connectivity index (χ0n) is 13.0. The van der Waals surface area contributed by atoms with Crippen molar-refractivity contribution in [3.05, 3.63) is 49.2 Å². The van der Waals surface area contributed by atoms with Crippen molar-refractivity contribution in [2.24, 2.45) is 0 Å². The lowest BCUT2D eigenvalue weighted by atomic mass is 10.4. The SMILES string of the molecule is O=S(=O)(NCCNc1ccc(Nc2cccnc2)nn1)c1cnc[nH]1. The summed E-state index contributed by atoms with van der Waals surface area (Å²) in [6.07, 6.45) is 5.92. The molecule has 10 nitrogen and oxygen atoms in total. The molecule has 0 spiro atoms. The average molecular weight is 360 g/mol. The first kappa shape index (κ1) is 16.8. The zero-order valence-corrected chi connectivity index (χ0v) is 13.9. The largest absolute Gasteiger partial charge is 0.367 e. The Balaban J connectivity index is 1.46. The first-order valence-corrected chi connectivity index (χ1v) is 8.84. The van der Waals surface area contributed by atoms with Crippen LogP contribution in [-0.4, -0.2) is 46.7 Å². The van der Waals surface area contributed by atoms with Gasteiger partial charge in [0.25, 0.3) is 10.0 Å². The lowest BCUT2D eigenvalue weighted by Crippen LogP contribution is -2.29. The number of nitrogens with one attached hydrogen (secondary N) is 4. The molecule has 3 heterocycles. The quantitative estimate of drug-likeness (QED) is 0.431. The summed E-state index contributed by atoms with van der Waals surface area (Å²) in [6.45, 7) is 0.552. The molecule has 25 heavy (non-hydrogen) atoms. The van der Waals surface area contributed by atoms with E-state index in [9.17, 15) is 8.42 Å². The Kier molecular flexibility index (Phi) is 5.16. The van der Waals surface area contributed by atoms with Crippen molar-refractivity contribution in [3.63, 3.8) is 0 Å². The Morgan fingerprint density at radius 3 is 2.52 bits per heavy atom. The average Bonchev–Trinajstić information content (AvgIpc) is 3.17. The summed E-state index contributed by atoms with van der Waals surface area (Å²) in [5, 5.41) is 14.1. The second-order valence-electron chi connectivity index (χ2n) is 4.91. The fourth-order valence-electron chi connectivity index (χ4n) is 1.92. The van der Waals surface area contributed by atoms with E-state index in [1.54, 1.807) is 24.5 Å². The summed E-state index contributed by atoms with van der Waals surface area (Å²) in [7, 11) is -3.57. The van der Waals surface area contributed by atoms with Crippen LogP contribution in [0.15, 0.2) is 54.2 Å². The van der Waals surface area contributed by atoms with Gasteiger partial charge in [0.2, 0.25) is 0 Å². The number of hydrogen-bond donors (Lipinski definition) is 4. The number of H-pyrrole nitrogens is 1. The van der Waals surface area contributed by atoms with Gasteiger partial charge in [-0.05, 0) is 24.3 Å². The minimum atomic E-state index is -3.57. The number of imidazole rings is 1. The van der Waals surface area contributed by atoms with E-state index in [1.807, 2.05) is 12.1 Å². The fourth-order valence-corrected chi connectivity index (χ4v) is 2.86. The number of nitrogens with zero attached hydrogens (tertiary/aromatic N) is 4. The van der Waals surface area contributed by atoms with E-state index in [-0.39, 0.29) is 11.6 Å². The molecule has 0 amide bonds. The standard InChI is InChI=1S/C14H16N8O2S/c23-25(24,14-9-16-10-18-14)19-7-6-17-12-3-4-13(22-21-12)20-11-2-1-5-15-8-11/h1-5,8-10,19H,6-7H2,(H,16,18)(H,17,21)(H,20,22). The van der Waals surface area contributed by atoms with Gasteiger partial charge in [0, 0.05) is 19.3 Å². The lowest BCUT2D eigenvalue weighted by molar-refractivity contribution is 0.579. The molecule has 130 valence electrons. The number of sulfonamides is 1. The topological polar surface area (TPSA) is 138 Å². The normalized spacial score (nSPS) is 11.2. The number of pyridine rings is 1. The molecule has 11 heteroatoms. The van der Waals surface area contributed by atoms with Crippen LogP contribution in [0.1, 0.15) is 0 Å². The minimum absolute atomic E-state index is 0.0260. The number of anilines is 3. The first-order chi connectivity index (χ1) is 12.1. The summed E-state index contributed by atoms with van der Waals surface area (Å²) >= 11 is 0. The third-order valence-corrected chi connectivity index (χ3v) is 4.47. The van der Waals surface area contributed by atoms with Crippen molar-refractivity contribution in [1.82, 2.24) is 29.9 Å². The minimum Gasteiger partial charge on any atom is -0.367 e. The van der Waals surface area contributed by atoms with Crippen molar-refractivity contribution >= 4 is 27.3 Å². The van der Waals surface area contributed by atoms with Gasteiger partial charge < -0.3 is 15.6 Å². The molecule has 0 unspecified atom stereocenters. The van der Waals surface area contributed by atoms with Crippen molar-refractivity contribution in [3.8, 4) is 0 Å². The predicted octanol–water partition coefficient (Wildman–Crippen LogP) is 0.729. The number of rotatable bonds is 8. The molecular formula is C14H16N8O2S. The molecule has 3 aromatic heterocycles. The summed E-state index contributed by atoms with van der Waals surface area (Å²) in [5.41, 5.74) is 0.811. The van der Waals surface area contributed by atoms with Gasteiger partial charge in [0.05, 0.1) is 24.4 Å². The van der Waals surface area contributed by atoms with E-state index in [4.69, 9.17) is 0 Å². The van der Waals surface area contributed by atoms with Crippen LogP contribution in [-0.2, 0) is 10.0 Å². The zero-order chi connectivity index (χ0) is 17.5. The van der Waals surface area contributed by atoms with Crippen LogP contribution in [0.2, 0.25) is 0 Å². The van der Waals surface area contributed by atoms with Gasteiger partial charge >= 0.3 is 0 Å². The van der Waals surface area contributed by atoms with Crippen molar-refractivity contribution in [2.45, 2.75) is 5.03 Å². The second-order valence-corrected chi connectivity index (χ2v) is 6.65. The monoisotopic (exact) mass is 360 g/mol. The number of aromatic amines is 1. The third kappa shape index (κ3) is 4.71. The van der Waals surface area contributed by atoms with Crippen molar-refractivity contribution in [2.75, 3.05) is 23.7 Å². The Morgan fingerprint density at radius 1 is 1.00 bits per heavy atom. The van der Waals surface area contributed by atoms with Crippen molar-refractivity contribution < 1.29 is 8.42 Å². The molecular weight excluding hydrogens is 344 g/mol. The highest BCUT2D eigenvalue weighted by molar-refractivity contribution is 7.89. The van der Waals surface area contributed by atoms with Gasteiger partial charge in [-0.3, -0.25) is 4.98 Å². The van der Waals surface area contributed by atoms with Crippen LogP contribution in [0.3, 0.4) is 0 Å². The van der Waals surface area contributed by atoms with E-state index in [0.717, 1.165) is 5.69 Å². The molecule has 0 saturated heterocycles. The molecule has 0 fully saturated rings. The van der Waals surface area contributed by atoms with Gasteiger partial charge in [0.15, 0.2) is 10.8 Å². The predicted molar refractivity (Wildman–Crippen MR) is 91.8 cm³/mol. The van der Waals surface area contributed by atoms with Gasteiger partial charge in [-0.15, -0.1) is 10.2 Å². The summed E-state index contributed by atoms with van der Waals surface area (Å²) in [5.74, 6) is 1.12. The van der Waals surface area contributed by atoms with Gasteiger partial charge in [0.1, 0.15) is 5.82 Å². The van der Waals surface area contributed by atoms with E-state index in [1.165, 1.54) is 12.5 Å². The van der Waals surface area contributed by atoms with Crippen LogP contribution in [0.25, 0.3) is 0 Å². The van der Waals surface area contributed by atoms with E-state index >= 15 is 0 Å². The maximum atomic E-state index is 11.9. The number of aromatic nitrogens is 5. The molecule has 0 atom stereocenters. The lowest BCUT2D eigenvalue weighted by Gasteiger charge is -2.08. The van der Waals surface area contributed by atoms with Gasteiger partial charge in [-0.25, -0.2) is 18.1 Å². The summed E-state index contributed by atoms with van der Waals surface area (Å²) in [6, 6.07) is 7.19. The highest BCUT2D eigenvalue weighted by atomic mass is 32.2. The smallest absolute Gasteiger partial charge is 0.257 e. The van der Waals surface area contributed by atoms with Crippen LogP contribution in [0.4, 0.5) is 17.3 Å². The van der Waals surface area contributed by atoms with Crippen LogP contribution in [0, 0.1) is 0 Å². The maximum absolute atomic E-state index is 11.9. The summed E-state index contributed by atoms with van der Waals surface area (Å²) < 4.78 is 26.2. The van der Waals surface area contributed by atoms with E-state index < -0.39 is 10.0 Å². The fraction of sp³-hybridized carbons (Fsp3) is 0.143. The highest BCUT2D eigenvalue weighted by Gasteiger charge is 2.14. The van der Waals surface area contributed by atoms with Crippen molar-refractivity contribution in [1.29, 1.82) is 0 Å². The molecule has 0 aromatic carbocycles. The Morgan fingerprint density at radius 2 is 1.84 bits per heavy atom. The van der Waals surface area contributed by atoms with Crippen LogP contribution in [0.5, 0.6) is 0 Å². The van der Waals surface area contributed by atoms with Gasteiger partial charge in [-0.2, -0.15) is 0 Å². The Bertz CT molecular complexity index is 882. The van der Waals surface area contributed by atoms with E-state index in [2.05, 4.69) is 40.5 Å². The van der Waals surface area contributed by atoms with Crippen LogP contribution < -0.4 is 15.4 Å². The summed E-state index contributed by atoms with van der Waals surface area (Å²) in [4.78, 5) is 10.2. The molecule has 4 N–H and O–H groups in total. The third-order valence-electron chi connectivity index (χ3n) is 3.08. The second kappa shape index (κ2) is 7.68. The van der Waals surface area contributed by atoms with Crippen LogP contribution >= 0.6 is 0 Å². The van der Waals surface area contributed by atoms with Gasteiger partial charge in [-0.1, -0.05) is 0 Å². The molecule has 0 saturated carbocycles. The first-order valence-electron chi connectivity index (χ1n) is 7.36.